The molecule has 0 unspecified atom stereocenters. The van der Waals surface area contributed by atoms with Crippen LogP contribution in [0.1, 0.15) is 65.0 Å². The van der Waals surface area contributed by atoms with E-state index in [-0.39, 0.29) is 35.7 Å². The Morgan fingerprint density at radius 1 is 1.07 bits per heavy atom. The van der Waals surface area contributed by atoms with E-state index in [0.29, 0.717) is 18.4 Å². The van der Waals surface area contributed by atoms with Gasteiger partial charge in [-0.1, -0.05) is 54.1 Å². The highest BCUT2D eigenvalue weighted by atomic mass is 35.5. The zero-order chi connectivity index (χ0) is 31.1. The lowest BCUT2D eigenvalue weighted by Crippen LogP contribution is -2.59. The molecule has 228 valence electrons. The molecule has 1 saturated carbocycles. The summed E-state index contributed by atoms with van der Waals surface area (Å²) in [7, 11) is 1.26. The Kier molecular flexibility index (Phi) is 10.5. The van der Waals surface area contributed by atoms with Gasteiger partial charge < -0.3 is 30.0 Å². The summed E-state index contributed by atoms with van der Waals surface area (Å²) in [5.41, 5.74) is -1.44. The van der Waals surface area contributed by atoms with Crippen LogP contribution in [0.5, 0.6) is 0 Å². The molecule has 3 rings (SSSR count). The van der Waals surface area contributed by atoms with E-state index in [1.807, 2.05) is 30.3 Å². The van der Waals surface area contributed by atoms with Crippen molar-refractivity contribution in [3.05, 3.63) is 64.7 Å². The van der Waals surface area contributed by atoms with Gasteiger partial charge in [0.1, 0.15) is 12.2 Å². The maximum absolute atomic E-state index is 12.7. The number of anilines is 1. The number of aliphatic hydroxyl groups is 1. The Morgan fingerprint density at radius 2 is 1.74 bits per heavy atom. The Labute approximate surface area is 251 Å². The number of guanidine groups is 1. The minimum atomic E-state index is -1.28. The number of hydrogen-bond acceptors (Lipinski definition) is 7. The molecule has 0 aromatic heterocycles. The molecular formula is C30H39ClN4O7. The second-order valence-electron chi connectivity index (χ2n) is 11.8. The van der Waals surface area contributed by atoms with Gasteiger partial charge in [-0.15, -0.1) is 4.99 Å². The Balaban J connectivity index is 1.90. The topological polar surface area (TPSA) is 148 Å². The third-order valence-corrected chi connectivity index (χ3v) is 6.88. The Bertz CT molecular complexity index is 1300. The number of rotatable bonds is 8. The smallest absolute Gasteiger partial charge is 0.437 e. The van der Waals surface area contributed by atoms with Crippen LogP contribution in [0.25, 0.3) is 0 Å². The SMILES string of the molecule is COC(=O)C[C@](C)(NC(=NC(=O)OC(C)(C)C)NC1CC(C)(O)C1)c1cccc(NC(=O)OCc2ccccc2)c1Cl. The molecule has 0 bridgehead atoms. The second-order valence-corrected chi connectivity index (χ2v) is 12.1. The predicted molar refractivity (Wildman–Crippen MR) is 159 cm³/mol. The van der Waals surface area contributed by atoms with Crippen LogP contribution >= 0.6 is 11.6 Å². The number of methoxy groups -OCH3 is 1. The maximum Gasteiger partial charge on any atom is 0.437 e. The summed E-state index contributed by atoms with van der Waals surface area (Å²) in [6.45, 7) is 8.62. The molecule has 2 amide bonds. The number of nitrogens with zero attached hydrogens (tertiary/aromatic N) is 1. The van der Waals surface area contributed by atoms with E-state index in [1.54, 1.807) is 52.8 Å². The summed E-state index contributed by atoms with van der Waals surface area (Å²) >= 11 is 6.79. The molecule has 42 heavy (non-hydrogen) atoms. The van der Waals surface area contributed by atoms with E-state index in [9.17, 15) is 19.5 Å². The first-order valence-electron chi connectivity index (χ1n) is 13.5. The van der Waals surface area contributed by atoms with Crippen molar-refractivity contribution in [1.82, 2.24) is 10.6 Å². The number of nitrogens with one attached hydrogen (secondary N) is 3. The average molecular weight is 603 g/mol. The lowest BCUT2D eigenvalue weighted by atomic mass is 9.77. The van der Waals surface area contributed by atoms with Crippen molar-refractivity contribution in [2.45, 2.75) is 83.3 Å². The number of carbonyl (C=O) groups excluding carboxylic acids is 3. The number of hydrogen-bond donors (Lipinski definition) is 4. The summed E-state index contributed by atoms with van der Waals surface area (Å²) in [6.07, 6.45) is -0.956. The zero-order valence-electron chi connectivity index (χ0n) is 24.7. The van der Waals surface area contributed by atoms with Crippen LogP contribution in [0.4, 0.5) is 15.3 Å². The van der Waals surface area contributed by atoms with E-state index in [0.717, 1.165) is 5.56 Å². The van der Waals surface area contributed by atoms with Gasteiger partial charge in [0.05, 0.1) is 35.4 Å². The molecule has 1 aliphatic carbocycles. The van der Waals surface area contributed by atoms with Gasteiger partial charge in [-0.05, 0) is 64.7 Å². The highest BCUT2D eigenvalue weighted by Gasteiger charge is 2.40. The van der Waals surface area contributed by atoms with E-state index in [4.69, 9.17) is 25.8 Å². The van der Waals surface area contributed by atoms with Crippen molar-refractivity contribution >= 4 is 41.4 Å². The number of amides is 2. The molecule has 11 nitrogen and oxygen atoms in total. The van der Waals surface area contributed by atoms with Gasteiger partial charge in [0.25, 0.3) is 0 Å². The molecular weight excluding hydrogens is 564 g/mol. The first kappa shape index (κ1) is 32.7. The quantitative estimate of drug-likeness (QED) is 0.138. The first-order valence-corrected chi connectivity index (χ1v) is 13.9. The number of ether oxygens (including phenoxy) is 3. The van der Waals surface area contributed by atoms with Crippen molar-refractivity contribution in [2.75, 3.05) is 12.4 Å². The largest absolute Gasteiger partial charge is 0.469 e. The standard InChI is InChI=1S/C30H39ClN4O7/c1-28(2,3)42-27(38)34-25(32-20-15-29(4,39)16-20)35-30(5,17-23(36)40-6)21-13-10-14-22(24(21)31)33-26(37)41-18-19-11-8-7-9-12-19/h7-14,20,39H,15-18H2,1-6H3,(H,33,37)(H2,32,34,35,38)/t20?,29?,30-/m0/s1. The lowest BCUT2D eigenvalue weighted by Gasteiger charge is -2.43. The van der Waals surface area contributed by atoms with Gasteiger partial charge >= 0.3 is 18.2 Å². The number of carbonyl (C=O) groups is 3. The Hall–Kier alpha value is -3.83. The molecule has 2 aromatic rings. The third kappa shape index (κ3) is 9.63. The van der Waals surface area contributed by atoms with Gasteiger partial charge in [-0.3, -0.25) is 10.1 Å². The van der Waals surface area contributed by atoms with E-state index < -0.39 is 34.9 Å². The molecule has 2 aromatic carbocycles. The molecule has 0 radical (unpaired) electrons. The van der Waals surface area contributed by atoms with E-state index >= 15 is 0 Å². The first-order chi connectivity index (χ1) is 19.6. The summed E-state index contributed by atoms with van der Waals surface area (Å²) in [5, 5.41) is 19.3. The lowest BCUT2D eigenvalue weighted by molar-refractivity contribution is -0.142. The van der Waals surface area contributed by atoms with Crippen molar-refractivity contribution < 1.29 is 33.7 Å². The summed E-state index contributed by atoms with van der Waals surface area (Å²) in [6, 6.07) is 14.0. The second kappa shape index (κ2) is 13.4. The van der Waals surface area contributed by atoms with Crippen molar-refractivity contribution in [3.63, 3.8) is 0 Å². The highest BCUT2D eigenvalue weighted by Crippen LogP contribution is 2.37. The van der Waals surface area contributed by atoms with Gasteiger partial charge in [0, 0.05) is 6.04 Å². The molecule has 12 heteroatoms. The summed E-state index contributed by atoms with van der Waals surface area (Å²) in [5.74, 6) is -0.544. The minimum Gasteiger partial charge on any atom is -0.469 e. The number of benzene rings is 2. The van der Waals surface area contributed by atoms with Gasteiger partial charge in [0.2, 0.25) is 5.96 Å². The van der Waals surface area contributed by atoms with Crippen LogP contribution in [-0.2, 0) is 31.2 Å². The van der Waals surface area contributed by atoms with Crippen LogP contribution in [0, 0.1) is 0 Å². The van der Waals surface area contributed by atoms with E-state index in [1.165, 1.54) is 7.11 Å². The minimum absolute atomic E-state index is 0.0212. The molecule has 1 atom stereocenters. The van der Waals surface area contributed by atoms with Crippen LogP contribution in [-0.4, -0.2) is 53.6 Å². The number of aliphatic imine (C=N–C) groups is 1. The molecule has 0 saturated heterocycles. The fourth-order valence-corrected chi connectivity index (χ4v) is 4.90. The van der Waals surface area contributed by atoms with Crippen LogP contribution < -0.4 is 16.0 Å². The van der Waals surface area contributed by atoms with Gasteiger partial charge in [-0.25, -0.2) is 9.59 Å². The fourth-order valence-electron chi connectivity index (χ4n) is 4.52. The monoisotopic (exact) mass is 602 g/mol. The molecule has 0 aliphatic heterocycles. The van der Waals surface area contributed by atoms with E-state index in [2.05, 4.69) is 20.9 Å². The highest BCUT2D eigenvalue weighted by molar-refractivity contribution is 6.34. The molecule has 1 fully saturated rings. The average Bonchev–Trinajstić information content (AvgIpc) is 2.86. The zero-order valence-corrected chi connectivity index (χ0v) is 25.5. The van der Waals surface area contributed by atoms with Crippen LogP contribution in [0.2, 0.25) is 5.02 Å². The van der Waals surface area contributed by atoms with Crippen molar-refractivity contribution in [3.8, 4) is 0 Å². The summed E-state index contributed by atoms with van der Waals surface area (Å²) < 4.78 is 15.6. The maximum atomic E-state index is 12.7. The normalized spacial score (nSPS) is 19.9. The third-order valence-electron chi connectivity index (χ3n) is 6.47. The predicted octanol–water partition coefficient (Wildman–Crippen LogP) is 5.25. The molecule has 4 N–H and O–H groups in total. The van der Waals surface area contributed by atoms with Crippen molar-refractivity contribution in [1.29, 1.82) is 0 Å². The molecule has 0 heterocycles. The Morgan fingerprint density at radius 3 is 2.33 bits per heavy atom. The van der Waals surface area contributed by atoms with Crippen LogP contribution in [0.15, 0.2) is 53.5 Å². The molecule has 0 spiro atoms. The van der Waals surface area contributed by atoms with Crippen LogP contribution in [0.3, 0.4) is 0 Å². The number of halogens is 1. The van der Waals surface area contributed by atoms with Crippen molar-refractivity contribution in [2.24, 2.45) is 4.99 Å². The number of esters is 1. The fraction of sp³-hybridized carbons (Fsp3) is 0.467. The van der Waals surface area contributed by atoms with Gasteiger partial charge in [0.15, 0.2) is 0 Å². The summed E-state index contributed by atoms with van der Waals surface area (Å²) in [4.78, 5) is 41.9. The molecule has 1 aliphatic rings. The van der Waals surface area contributed by atoms with Gasteiger partial charge in [-0.2, -0.15) is 0 Å².